The van der Waals surface area contributed by atoms with E-state index in [1.807, 2.05) is 36.4 Å². The number of hydrogen-bond donors (Lipinski definition) is 2. The van der Waals surface area contributed by atoms with E-state index in [9.17, 15) is 14.4 Å². The average Bonchev–Trinajstić information content (AvgIpc) is 3.17. The molecule has 6 heteroatoms. The molecule has 0 radical (unpaired) electrons. The molecule has 4 rings (SSSR count). The van der Waals surface area contributed by atoms with Gasteiger partial charge >= 0.3 is 0 Å². The lowest BCUT2D eigenvalue weighted by atomic mass is 9.77. The number of allylic oxidation sites excluding steroid dienone is 1. The monoisotopic (exact) mass is 353 g/mol. The Morgan fingerprint density at radius 1 is 1.04 bits per heavy atom. The van der Waals surface area contributed by atoms with Crippen LogP contribution in [0.2, 0.25) is 0 Å². The highest BCUT2D eigenvalue weighted by Crippen LogP contribution is 2.28. The standard InChI is InChI=1S/C20H23N3O3/c24-18-15-5-1-2-6-16(15)22-20(26)17(18)19(25)21-13-7-9-14(10-8-13)23-11-3-4-12-23/h1-2,7-10,15-17H,3-6,11-12H2,(H,21,25)(H,22,26). The minimum absolute atomic E-state index is 0.177. The van der Waals surface area contributed by atoms with Crippen molar-refractivity contribution in [2.45, 2.75) is 31.7 Å². The number of ketones is 1. The summed E-state index contributed by atoms with van der Waals surface area (Å²) in [5.41, 5.74) is 1.73. The number of Topliss-reactive ketones (excluding diaryl/α,β-unsaturated/α-hetero) is 1. The Morgan fingerprint density at radius 2 is 1.73 bits per heavy atom. The second-order valence-corrected chi connectivity index (χ2v) is 7.23. The van der Waals surface area contributed by atoms with Gasteiger partial charge in [-0.2, -0.15) is 0 Å². The molecular formula is C20H23N3O3. The average molecular weight is 353 g/mol. The number of carbonyl (C=O) groups is 3. The highest BCUT2D eigenvalue weighted by Gasteiger charge is 2.46. The first-order valence-corrected chi connectivity index (χ1v) is 9.28. The SMILES string of the molecule is O=C(Nc1ccc(N2CCCC2)cc1)C1C(=O)NC2CC=CCC2C1=O. The van der Waals surface area contributed by atoms with Crippen molar-refractivity contribution in [3.63, 3.8) is 0 Å². The Morgan fingerprint density at radius 3 is 2.46 bits per heavy atom. The molecule has 2 N–H and O–H groups in total. The fourth-order valence-electron chi connectivity index (χ4n) is 4.09. The first-order valence-electron chi connectivity index (χ1n) is 9.28. The Bertz CT molecular complexity index is 750. The summed E-state index contributed by atoms with van der Waals surface area (Å²) in [5, 5.41) is 5.56. The van der Waals surface area contributed by atoms with Crippen LogP contribution < -0.4 is 15.5 Å². The van der Waals surface area contributed by atoms with Gasteiger partial charge in [0, 0.05) is 36.4 Å². The summed E-state index contributed by atoms with van der Waals surface area (Å²) in [4.78, 5) is 39.9. The number of fused-ring (bicyclic) bond motifs is 1. The molecule has 26 heavy (non-hydrogen) atoms. The van der Waals surface area contributed by atoms with E-state index in [1.54, 1.807) is 0 Å². The zero-order chi connectivity index (χ0) is 18.1. The smallest absolute Gasteiger partial charge is 0.244 e. The molecule has 6 nitrogen and oxygen atoms in total. The lowest BCUT2D eigenvalue weighted by Crippen LogP contribution is -2.58. The van der Waals surface area contributed by atoms with Crippen LogP contribution >= 0.6 is 0 Å². The van der Waals surface area contributed by atoms with E-state index in [0.29, 0.717) is 18.5 Å². The molecule has 2 heterocycles. The van der Waals surface area contributed by atoms with E-state index < -0.39 is 17.7 Å². The van der Waals surface area contributed by atoms with Gasteiger partial charge in [-0.15, -0.1) is 0 Å². The molecule has 1 aromatic rings. The number of anilines is 2. The van der Waals surface area contributed by atoms with Gasteiger partial charge in [0.1, 0.15) is 0 Å². The van der Waals surface area contributed by atoms with Gasteiger partial charge in [-0.1, -0.05) is 12.2 Å². The Balaban J connectivity index is 1.44. The van der Waals surface area contributed by atoms with E-state index in [2.05, 4.69) is 15.5 Å². The Labute approximate surface area is 152 Å². The number of amides is 2. The molecule has 2 saturated heterocycles. The van der Waals surface area contributed by atoms with E-state index in [4.69, 9.17) is 0 Å². The van der Waals surface area contributed by atoms with Crippen LogP contribution in [0.25, 0.3) is 0 Å². The zero-order valence-electron chi connectivity index (χ0n) is 14.6. The quantitative estimate of drug-likeness (QED) is 0.642. The van der Waals surface area contributed by atoms with Gasteiger partial charge in [0.2, 0.25) is 11.8 Å². The summed E-state index contributed by atoms with van der Waals surface area (Å²) in [5.74, 6) is -2.87. The van der Waals surface area contributed by atoms with Crippen LogP contribution in [-0.2, 0) is 14.4 Å². The molecule has 2 fully saturated rings. The number of hydrogen-bond acceptors (Lipinski definition) is 4. The zero-order valence-corrected chi connectivity index (χ0v) is 14.6. The molecule has 3 atom stereocenters. The van der Waals surface area contributed by atoms with E-state index in [0.717, 1.165) is 18.8 Å². The van der Waals surface area contributed by atoms with Gasteiger partial charge in [0.05, 0.1) is 0 Å². The van der Waals surface area contributed by atoms with Gasteiger partial charge in [-0.3, -0.25) is 14.4 Å². The summed E-state index contributed by atoms with van der Waals surface area (Å²) in [7, 11) is 0. The number of piperidine rings is 1. The van der Waals surface area contributed by atoms with E-state index >= 15 is 0 Å². The van der Waals surface area contributed by atoms with Crippen molar-refractivity contribution in [1.82, 2.24) is 5.32 Å². The maximum absolute atomic E-state index is 12.7. The van der Waals surface area contributed by atoms with Crippen LogP contribution in [0, 0.1) is 11.8 Å². The summed E-state index contributed by atoms with van der Waals surface area (Å²) < 4.78 is 0. The van der Waals surface area contributed by atoms with Crippen LogP contribution in [0.4, 0.5) is 11.4 Å². The molecule has 0 aromatic heterocycles. The second-order valence-electron chi connectivity index (χ2n) is 7.23. The predicted octanol–water partition coefficient (Wildman–Crippen LogP) is 1.88. The Hall–Kier alpha value is -2.63. The van der Waals surface area contributed by atoms with E-state index in [1.165, 1.54) is 12.8 Å². The molecule has 136 valence electrons. The van der Waals surface area contributed by atoms with Crippen molar-refractivity contribution in [3.8, 4) is 0 Å². The topological polar surface area (TPSA) is 78.5 Å². The molecule has 3 aliphatic rings. The fraction of sp³-hybridized carbons (Fsp3) is 0.450. The lowest BCUT2D eigenvalue weighted by molar-refractivity contribution is -0.146. The fourth-order valence-corrected chi connectivity index (χ4v) is 4.09. The van der Waals surface area contributed by atoms with Crippen LogP contribution in [0.3, 0.4) is 0 Å². The highest BCUT2D eigenvalue weighted by atomic mass is 16.2. The van der Waals surface area contributed by atoms with Crippen LogP contribution in [0.1, 0.15) is 25.7 Å². The van der Waals surface area contributed by atoms with Gasteiger partial charge in [-0.05, 0) is 49.9 Å². The highest BCUT2D eigenvalue weighted by molar-refractivity contribution is 6.23. The number of nitrogens with zero attached hydrogens (tertiary/aromatic N) is 1. The molecule has 2 amide bonds. The third kappa shape index (κ3) is 3.11. The van der Waals surface area contributed by atoms with Crippen molar-refractivity contribution in [2.24, 2.45) is 11.8 Å². The van der Waals surface area contributed by atoms with Crippen molar-refractivity contribution < 1.29 is 14.4 Å². The molecule has 0 bridgehead atoms. The number of carbonyl (C=O) groups excluding carboxylic acids is 3. The van der Waals surface area contributed by atoms with Crippen molar-refractivity contribution in [1.29, 1.82) is 0 Å². The first-order chi connectivity index (χ1) is 12.6. The summed E-state index contributed by atoms with van der Waals surface area (Å²) in [6, 6.07) is 7.40. The summed E-state index contributed by atoms with van der Waals surface area (Å²) in [6.07, 6.45) is 7.55. The van der Waals surface area contributed by atoms with Crippen LogP contribution in [0.15, 0.2) is 36.4 Å². The van der Waals surface area contributed by atoms with Gasteiger partial charge < -0.3 is 15.5 Å². The maximum Gasteiger partial charge on any atom is 0.244 e. The molecule has 2 aliphatic heterocycles. The largest absolute Gasteiger partial charge is 0.372 e. The maximum atomic E-state index is 12.7. The minimum atomic E-state index is -1.26. The predicted molar refractivity (Wildman–Crippen MR) is 98.8 cm³/mol. The van der Waals surface area contributed by atoms with Gasteiger partial charge in [0.25, 0.3) is 0 Å². The van der Waals surface area contributed by atoms with Crippen LogP contribution in [0.5, 0.6) is 0 Å². The molecule has 3 unspecified atom stereocenters. The molecule has 1 aliphatic carbocycles. The van der Waals surface area contributed by atoms with Gasteiger partial charge in [-0.25, -0.2) is 0 Å². The van der Waals surface area contributed by atoms with E-state index in [-0.39, 0.29) is 17.7 Å². The molecular weight excluding hydrogens is 330 g/mol. The number of rotatable bonds is 3. The molecule has 0 saturated carbocycles. The number of nitrogens with one attached hydrogen (secondary N) is 2. The van der Waals surface area contributed by atoms with Gasteiger partial charge in [0.15, 0.2) is 11.7 Å². The third-order valence-corrected chi connectivity index (χ3v) is 5.54. The van der Waals surface area contributed by atoms with Crippen LogP contribution in [-0.4, -0.2) is 36.7 Å². The van der Waals surface area contributed by atoms with Crippen molar-refractivity contribution in [3.05, 3.63) is 36.4 Å². The lowest BCUT2D eigenvalue weighted by Gasteiger charge is -2.35. The second kappa shape index (κ2) is 6.94. The molecule has 1 aromatic carbocycles. The normalized spacial score (nSPS) is 27.8. The summed E-state index contributed by atoms with van der Waals surface area (Å²) in [6.45, 7) is 2.11. The van der Waals surface area contributed by atoms with Crippen molar-refractivity contribution in [2.75, 3.05) is 23.3 Å². The third-order valence-electron chi connectivity index (χ3n) is 5.54. The summed E-state index contributed by atoms with van der Waals surface area (Å²) >= 11 is 0. The molecule has 0 spiro atoms. The minimum Gasteiger partial charge on any atom is -0.372 e. The Kier molecular flexibility index (Phi) is 4.49. The van der Waals surface area contributed by atoms with Crippen molar-refractivity contribution >= 4 is 29.0 Å². The first kappa shape index (κ1) is 16.8. The number of benzene rings is 1.